The molecular formula is C11H17OSi. The van der Waals surface area contributed by atoms with E-state index in [1.807, 2.05) is 6.55 Å². The lowest BCUT2D eigenvalue weighted by molar-refractivity contribution is 0.437. The molecule has 0 N–H and O–H groups in total. The normalized spacial score (nSPS) is 23.2. The Hall–Kier alpha value is -0.343. The van der Waals surface area contributed by atoms with Crippen LogP contribution in [-0.2, 0) is 4.80 Å². The maximum absolute atomic E-state index is 12.5. The fourth-order valence-corrected chi connectivity index (χ4v) is 5.20. The van der Waals surface area contributed by atoms with Crippen molar-refractivity contribution in [1.82, 2.24) is 0 Å². The Morgan fingerprint density at radius 1 is 1.08 bits per heavy atom. The zero-order valence-electron chi connectivity index (χ0n) is 8.31. The first-order valence-electron chi connectivity index (χ1n) is 5.31. The predicted molar refractivity (Wildman–Crippen MR) is 56.2 cm³/mol. The van der Waals surface area contributed by atoms with Crippen LogP contribution >= 0.6 is 0 Å². The highest BCUT2D eigenvalue weighted by Gasteiger charge is 2.38. The van der Waals surface area contributed by atoms with E-state index < -0.39 is 8.32 Å². The Morgan fingerprint density at radius 3 is 1.85 bits per heavy atom. The van der Waals surface area contributed by atoms with E-state index in [0.29, 0.717) is 0 Å². The van der Waals surface area contributed by atoms with Gasteiger partial charge in [0.25, 0.3) is 8.32 Å². The summed E-state index contributed by atoms with van der Waals surface area (Å²) in [6, 6.07) is 0. The predicted octanol–water partition coefficient (Wildman–Crippen LogP) is 3.29. The van der Waals surface area contributed by atoms with E-state index in [0.717, 1.165) is 25.7 Å². The van der Waals surface area contributed by atoms with Crippen LogP contribution in [0.4, 0.5) is 0 Å². The van der Waals surface area contributed by atoms with Gasteiger partial charge in [-0.15, -0.1) is 0 Å². The largest absolute Gasteiger partial charge is 0.287 e. The summed E-state index contributed by atoms with van der Waals surface area (Å²) >= 11 is 0. The molecule has 71 valence electrons. The van der Waals surface area contributed by atoms with Gasteiger partial charge >= 0.3 is 0 Å². The van der Waals surface area contributed by atoms with Gasteiger partial charge in [0, 0.05) is 0 Å². The van der Waals surface area contributed by atoms with Gasteiger partial charge in [-0.1, -0.05) is 22.5 Å². The Balaban J connectivity index is 2.18. The molecule has 0 atom stereocenters. The number of rotatable bonds is 2. The number of hydrogen-bond acceptors (Lipinski definition) is 0. The summed E-state index contributed by atoms with van der Waals surface area (Å²) in [6.07, 6.45) is 11.3. The molecule has 0 heterocycles. The van der Waals surface area contributed by atoms with E-state index in [2.05, 4.69) is 12.2 Å². The van der Waals surface area contributed by atoms with E-state index in [1.54, 1.807) is 0 Å². The van der Waals surface area contributed by atoms with Crippen molar-refractivity contribution in [1.29, 1.82) is 0 Å². The summed E-state index contributed by atoms with van der Waals surface area (Å²) in [5, 5.41) is 2.56. The molecule has 1 nitrogen and oxygen atoms in total. The third kappa shape index (κ3) is 1.65. The van der Waals surface area contributed by atoms with Crippen LogP contribution in [-0.4, -0.2) is 8.32 Å². The monoisotopic (exact) mass is 193 g/mol. The van der Waals surface area contributed by atoms with Crippen molar-refractivity contribution in [3.63, 3.8) is 0 Å². The summed E-state index contributed by atoms with van der Waals surface area (Å²) in [6.45, 7) is 1.99. The third-order valence-electron chi connectivity index (χ3n) is 3.31. The Morgan fingerprint density at radius 2 is 1.54 bits per heavy atom. The second-order valence-electron chi connectivity index (χ2n) is 4.28. The lowest BCUT2D eigenvalue weighted by Crippen LogP contribution is -2.33. The first-order chi connectivity index (χ1) is 6.21. The molecule has 0 amide bonds. The minimum Gasteiger partial charge on any atom is -0.286 e. The molecule has 0 saturated heterocycles. The molecule has 2 aliphatic carbocycles. The van der Waals surface area contributed by atoms with Crippen molar-refractivity contribution in [3.8, 4) is 0 Å². The molecule has 0 aromatic carbocycles. The molecule has 0 aromatic rings. The van der Waals surface area contributed by atoms with Crippen LogP contribution in [0.15, 0.2) is 22.5 Å². The van der Waals surface area contributed by atoms with E-state index in [1.165, 1.54) is 23.2 Å². The van der Waals surface area contributed by atoms with Crippen molar-refractivity contribution in [2.24, 2.45) is 0 Å². The molecule has 13 heavy (non-hydrogen) atoms. The average Bonchev–Trinajstić information content (AvgIpc) is 2.78. The summed E-state index contributed by atoms with van der Waals surface area (Å²) in [7, 11) is -2.36. The number of hydrogen-bond donors (Lipinski definition) is 0. The van der Waals surface area contributed by atoms with Gasteiger partial charge in [0.05, 0.1) is 0 Å². The first-order valence-corrected chi connectivity index (χ1v) is 7.71. The standard InChI is InChI=1S/C11H17OSi/c1-13(12,10-6-2-3-7-10)11-8-4-5-9-11/h6,8H,2-5,7,9H2,1H3. The van der Waals surface area contributed by atoms with Crippen LogP contribution in [0.5, 0.6) is 0 Å². The fourth-order valence-electron chi connectivity index (χ4n) is 2.41. The van der Waals surface area contributed by atoms with Crippen molar-refractivity contribution < 1.29 is 4.80 Å². The minimum atomic E-state index is -2.36. The van der Waals surface area contributed by atoms with Gasteiger partial charge in [0.15, 0.2) is 0 Å². The van der Waals surface area contributed by atoms with Gasteiger partial charge in [-0.25, -0.2) is 0 Å². The van der Waals surface area contributed by atoms with E-state index in [9.17, 15) is 4.80 Å². The zero-order chi connectivity index (χ0) is 9.31. The maximum Gasteiger partial charge on any atom is 0.287 e. The zero-order valence-corrected chi connectivity index (χ0v) is 9.31. The number of allylic oxidation sites excluding steroid dienone is 4. The second-order valence-corrected chi connectivity index (χ2v) is 7.63. The molecule has 0 bridgehead atoms. The maximum atomic E-state index is 12.5. The molecule has 2 aliphatic rings. The quantitative estimate of drug-likeness (QED) is 0.600. The van der Waals surface area contributed by atoms with Crippen molar-refractivity contribution in [2.45, 2.75) is 45.1 Å². The van der Waals surface area contributed by atoms with Gasteiger partial charge in [-0.05, 0) is 45.1 Å². The SMILES string of the molecule is C[Si]([O])(C1=CCCC1)C1=CCCC1. The molecule has 0 aromatic heterocycles. The lowest BCUT2D eigenvalue weighted by atomic mass is 10.4. The highest BCUT2D eigenvalue weighted by atomic mass is 28.4. The molecule has 2 rings (SSSR count). The van der Waals surface area contributed by atoms with Gasteiger partial charge in [-0.2, -0.15) is 0 Å². The molecule has 2 heteroatoms. The van der Waals surface area contributed by atoms with E-state index >= 15 is 0 Å². The lowest BCUT2D eigenvalue weighted by Gasteiger charge is -2.20. The topological polar surface area (TPSA) is 19.9 Å². The molecule has 0 aliphatic heterocycles. The highest BCUT2D eigenvalue weighted by Crippen LogP contribution is 2.35. The van der Waals surface area contributed by atoms with Crippen molar-refractivity contribution in [3.05, 3.63) is 22.5 Å². The Labute approximate surface area is 81.3 Å². The third-order valence-corrected chi connectivity index (χ3v) is 6.67. The Kier molecular flexibility index (Phi) is 2.43. The molecule has 0 fully saturated rings. The van der Waals surface area contributed by atoms with Crippen LogP contribution in [0.2, 0.25) is 6.55 Å². The molecule has 1 radical (unpaired) electrons. The summed E-state index contributed by atoms with van der Waals surface area (Å²) in [5.41, 5.74) is 0. The van der Waals surface area contributed by atoms with Gasteiger partial charge in [0.2, 0.25) is 0 Å². The van der Waals surface area contributed by atoms with Crippen LogP contribution in [0, 0.1) is 0 Å². The van der Waals surface area contributed by atoms with E-state index in [-0.39, 0.29) is 0 Å². The molecule has 0 spiro atoms. The Bertz CT molecular complexity index is 237. The van der Waals surface area contributed by atoms with Crippen LogP contribution in [0.25, 0.3) is 0 Å². The van der Waals surface area contributed by atoms with Crippen LogP contribution < -0.4 is 0 Å². The highest BCUT2D eigenvalue weighted by molar-refractivity contribution is 6.84. The molecule has 0 saturated carbocycles. The first kappa shape index (κ1) is 9.22. The van der Waals surface area contributed by atoms with Gasteiger partial charge < -0.3 is 0 Å². The van der Waals surface area contributed by atoms with Gasteiger partial charge in [0.1, 0.15) is 0 Å². The fraction of sp³-hybridized carbons (Fsp3) is 0.636. The van der Waals surface area contributed by atoms with Crippen LogP contribution in [0.1, 0.15) is 38.5 Å². The average molecular weight is 193 g/mol. The summed E-state index contributed by atoms with van der Waals surface area (Å²) in [4.78, 5) is 12.5. The van der Waals surface area contributed by atoms with E-state index in [4.69, 9.17) is 0 Å². The van der Waals surface area contributed by atoms with Gasteiger partial charge in [-0.3, -0.25) is 4.80 Å². The summed E-state index contributed by atoms with van der Waals surface area (Å²) in [5.74, 6) is 0. The molecular weight excluding hydrogens is 176 g/mol. The van der Waals surface area contributed by atoms with Crippen molar-refractivity contribution in [2.75, 3.05) is 0 Å². The van der Waals surface area contributed by atoms with Crippen molar-refractivity contribution >= 4 is 8.32 Å². The molecule has 0 unspecified atom stereocenters. The van der Waals surface area contributed by atoms with Crippen LogP contribution in [0.3, 0.4) is 0 Å². The summed E-state index contributed by atoms with van der Waals surface area (Å²) < 4.78 is 0. The smallest absolute Gasteiger partial charge is 0.286 e. The minimum absolute atomic E-state index is 1.09. The second kappa shape index (κ2) is 3.43.